The summed E-state index contributed by atoms with van der Waals surface area (Å²) in [6, 6.07) is 7.92. The zero-order valence-electron chi connectivity index (χ0n) is 18.7. The third-order valence-electron chi connectivity index (χ3n) is 5.68. The van der Waals surface area contributed by atoms with E-state index < -0.39 is 0 Å². The Bertz CT molecular complexity index is 1080. The first kappa shape index (κ1) is 22.7. The van der Waals surface area contributed by atoms with Gasteiger partial charge in [0.2, 0.25) is 5.91 Å². The Morgan fingerprint density at radius 3 is 2.84 bits per heavy atom. The van der Waals surface area contributed by atoms with E-state index in [0.29, 0.717) is 16.8 Å². The van der Waals surface area contributed by atoms with E-state index in [0.717, 1.165) is 34.5 Å². The molecular formula is C24H29N5OS2. The Morgan fingerprint density at radius 1 is 1.31 bits per heavy atom. The lowest BCUT2D eigenvalue weighted by molar-refractivity contribution is -0.115. The van der Waals surface area contributed by atoms with Gasteiger partial charge in [-0.3, -0.25) is 9.69 Å². The number of anilines is 2. The molecule has 2 aromatic heterocycles. The van der Waals surface area contributed by atoms with E-state index in [4.69, 9.17) is 4.98 Å². The van der Waals surface area contributed by atoms with Crippen LogP contribution >= 0.6 is 23.1 Å². The Labute approximate surface area is 197 Å². The maximum absolute atomic E-state index is 12.4. The summed E-state index contributed by atoms with van der Waals surface area (Å²) in [4.78, 5) is 18.8. The molecule has 0 atom stereocenters. The largest absolute Gasteiger partial charge is 0.302 e. The molecule has 0 radical (unpaired) electrons. The molecule has 6 nitrogen and oxygen atoms in total. The maximum atomic E-state index is 12.4. The minimum absolute atomic E-state index is 0.0491. The first-order valence-corrected chi connectivity index (χ1v) is 12.9. The summed E-state index contributed by atoms with van der Waals surface area (Å²) in [5, 5.41) is 12.7. The Balaban J connectivity index is 1.50. The van der Waals surface area contributed by atoms with Gasteiger partial charge in [0.05, 0.1) is 11.4 Å². The number of benzene rings is 1. The summed E-state index contributed by atoms with van der Waals surface area (Å²) in [5.41, 5.74) is 2.88. The summed E-state index contributed by atoms with van der Waals surface area (Å²) < 4.78 is 2.20. The molecule has 1 amide bonds. The molecule has 2 heterocycles. The number of aryl methyl sites for hydroxylation is 1. The lowest BCUT2D eigenvalue weighted by atomic mass is 9.89. The van der Waals surface area contributed by atoms with Gasteiger partial charge in [-0.1, -0.05) is 49.2 Å². The van der Waals surface area contributed by atoms with E-state index >= 15 is 0 Å². The van der Waals surface area contributed by atoms with E-state index in [-0.39, 0.29) is 5.91 Å². The minimum Gasteiger partial charge on any atom is -0.302 e. The van der Waals surface area contributed by atoms with Crippen molar-refractivity contribution < 1.29 is 4.79 Å². The van der Waals surface area contributed by atoms with Crippen LogP contribution in [0, 0.1) is 6.92 Å². The molecule has 1 saturated carbocycles. The molecule has 1 aliphatic carbocycles. The number of hydrogen-bond acceptors (Lipinski definition) is 6. The highest BCUT2D eigenvalue weighted by molar-refractivity contribution is 7.98. The number of allylic oxidation sites excluding steroid dienone is 1. The number of nitrogens with zero attached hydrogens (tertiary/aromatic N) is 5. The van der Waals surface area contributed by atoms with Crippen molar-refractivity contribution in [1.82, 2.24) is 19.7 Å². The quantitative estimate of drug-likeness (QED) is 0.289. The van der Waals surface area contributed by atoms with Crippen molar-refractivity contribution in [1.29, 1.82) is 0 Å². The SMILES string of the molecule is C=CCn1c(SCc2csc(N(C(C)=O)c3cccc(C)c3)n2)nnc1C1CCCCC1. The number of carbonyl (C=O) groups excluding carboxylic acids is 1. The topological polar surface area (TPSA) is 63.9 Å². The summed E-state index contributed by atoms with van der Waals surface area (Å²) in [5.74, 6) is 2.21. The lowest BCUT2D eigenvalue weighted by Gasteiger charge is -2.21. The highest BCUT2D eigenvalue weighted by Gasteiger charge is 2.23. The van der Waals surface area contributed by atoms with Gasteiger partial charge in [0.15, 0.2) is 10.3 Å². The average molecular weight is 468 g/mol. The monoisotopic (exact) mass is 467 g/mol. The Kier molecular flexibility index (Phi) is 7.42. The first-order chi connectivity index (χ1) is 15.6. The molecule has 0 N–H and O–H groups in total. The molecule has 0 saturated heterocycles. The molecule has 4 rings (SSSR count). The van der Waals surface area contributed by atoms with Gasteiger partial charge in [0.1, 0.15) is 5.82 Å². The molecule has 0 spiro atoms. The Morgan fingerprint density at radius 2 is 2.12 bits per heavy atom. The predicted molar refractivity (Wildman–Crippen MR) is 132 cm³/mol. The van der Waals surface area contributed by atoms with E-state index in [1.54, 1.807) is 23.6 Å². The van der Waals surface area contributed by atoms with Crippen molar-refractivity contribution in [2.75, 3.05) is 4.90 Å². The van der Waals surface area contributed by atoms with Crippen LogP contribution < -0.4 is 4.90 Å². The van der Waals surface area contributed by atoms with Crippen molar-refractivity contribution in [3.05, 3.63) is 59.4 Å². The van der Waals surface area contributed by atoms with Crippen LogP contribution in [-0.4, -0.2) is 25.7 Å². The molecule has 32 heavy (non-hydrogen) atoms. The zero-order chi connectivity index (χ0) is 22.5. The van der Waals surface area contributed by atoms with Crippen LogP contribution in [0.25, 0.3) is 0 Å². The molecule has 1 aliphatic rings. The highest BCUT2D eigenvalue weighted by atomic mass is 32.2. The predicted octanol–water partition coefficient (Wildman–Crippen LogP) is 6.25. The third-order valence-corrected chi connectivity index (χ3v) is 7.56. The van der Waals surface area contributed by atoms with Crippen molar-refractivity contribution in [2.24, 2.45) is 0 Å². The third kappa shape index (κ3) is 5.13. The molecule has 8 heteroatoms. The van der Waals surface area contributed by atoms with Gasteiger partial charge in [-0.25, -0.2) is 4.98 Å². The molecule has 0 unspecified atom stereocenters. The fourth-order valence-corrected chi connectivity index (χ4v) is 6.01. The number of aromatic nitrogens is 4. The van der Waals surface area contributed by atoms with Crippen LogP contribution in [0.1, 0.15) is 62.0 Å². The van der Waals surface area contributed by atoms with E-state index in [9.17, 15) is 4.79 Å². The van der Waals surface area contributed by atoms with Crippen molar-refractivity contribution in [2.45, 2.75) is 69.3 Å². The van der Waals surface area contributed by atoms with E-state index in [1.165, 1.54) is 43.4 Å². The molecule has 1 aromatic carbocycles. The van der Waals surface area contributed by atoms with Gasteiger partial charge in [0.25, 0.3) is 0 Å². The number of amides is 1. The smallest absolute Gasteiger partial charge is 0.230 e. The van der Waals surface area contributed by atoms with Gasteiger partial charge in [0, 0.05) is 30.5 Å². The Hall–Kier alpha value is -2.45. The fourth-order valence-electron chi connectivity index (χ4n) is 4.17. The zero-order valence-corrected chi connectivity index (χ0v) is 20.3. The van der Waals surface area contributed by atoms with Gasteiger partial charge >= 0.3 is 0 Å². The normalized spacial score (nSPS) is 14.4. The summed E-state index contributed by atoms with van der Waals surface area (Å²) in [6.45, 7) is 8.23. The number of rotatable bonds is 8. The number of hydrogen-bond donors (Lipinski definition) is 0. The second-order valence-electron chi connectivity index (χ2n) is 8.18. The summed E-state index contributed by atoms with van der Waals surface area (Å²) >= 11 is 3.12. The molecular weight excluding hydrogens is 438 g/mol. The average Bonchev–Trinajstić information content (AvgIpc) is 3.40. The standard InChI is InChI=1S/C24H29N5OS2/c1-4-13-28-22(19-10-6-5-7-11-19)26-27-24(28)32-16-20-15-31-23(25-20)29(18(3)30)21-12-8-9-17(2)14-21/h4,8-9,12,14-15,19H,1,5-7,10-11,13,16H2,2-3H3. The maximum Gasteiger partial charge on any atom is 0.230 e. The van der Waals surface area contributed by atoms with Crippen molar-refractivity contribution in [3.63, 3.8) is 0 Å². The van der Waals surface area contributed by atoms with Gasteiger partial charge in [-0.05, 0) is 37.5 Å². The minimum atomic E-state index is -0.0491. The molecule has 0 bridgehead atoms. The highest BCUT2D eigenvalue weighted by Crippen LogP contribution is 2.35. The fraction of sp³-hybridized carbons (Fsp3) is 0.417. The summed E-state index contributed by atoms with van der Waals surface area (Å²) in [7, 11) is 0. The van der Waals surface area contributed by atoms with Gasteiger partial charge in [-0.2, -0.15) is 0 Å². The summed E-state index contributed by atoms with van der Waals surface area (Å²) in [6.07, 6.45) is 8.14. The number of thiazole rings is 1. The molecule has 0 aliphatic heterocycles. The van der Waals surface area contributed by atoms with Gasteiger partial charge in [-0.15, -0.1) is 28.1 Å². The van der Waals surface area contributed by atoms with Crippen molar-refractivity contribution >= 4 is 39.8 Å². The molecule has 3 aromatic rings. The van der Waals surface area contributed by atoms with Crippen molar-refractivity contribution in [3.8, 4) is 0 Å². The lowest BCUT2D eigenvalue weighted by Crippen LogP contribution is -2.22. The van der Waals surface area contributed by atoms with E-state index in [1.807, 2.05) is 42.6 Å². The molecule has 1 fully saturated rings. The van der Waals surface area contributed by atoms with Crippen LogP contribution in [0.2, 0.25) is 0 Å². The van der Waals surface area contributed by atoms with Crippen LogP contribution in [0.4, 0.5) is 10.8 Å². The first-order valence-electron chi connectivity index (χ1n) is 11.1. The van der Waals surface area contributed by atoms with Crippen LogP contribution in [0.5, 0.6) is 0 Å². The van der Waals surface area contributed by atoms with Gasteiger partial charge < -0.3 is 4.57 Å². The number of carbonyl (C=O) groups is 1. The van der Waals surface area contributed by atoms with Crippen LogP contribution in [0.15, 0.2) is 47.5 Å². The van der Waals surface area contributed by atoms with Crippen LogP contribution in [0.3, 0.4) is 0 Å². The second kappa shape index (κ2) is 10.4. The number of thioether (sulfide) groups is 1. The van der Waals surface area contributed by atoms with Crippen LogP contribution in [-0.2, 0) is 17.1 Å². The second-order valence-corrected chi connectivity index (χ2v) is 9.96. The molecule has 168 valence electrons. The van der Waals surface area contributed by atoms with E-state index in [2.05, 4.69) is 21.3 Å².